The first-order valence-corrected chi connectivity index (χ1v) is 5.48. The van der Waals surface area contributed by atoms with E-state index in [0.717, 1.165) is 11.6 Å². The molecule has 2 rings (SSSR count). The summed E-state index contributed by atoms with van der Waals surface area (Å²) in [6.07, 6.45) is 0. The molecule has 2 nitrogen and oxygen atoms in total. The predicted molar refractivity (Wildman–Crippen MR) is 63.8 cm³/mol. The summed E-state index contributed by atoms with van der Waals surface area (Å²) in [5, 5.41) is 0. The number of nitrogens with zero attached hydrogens (tertiary/aromatic N) is 1. The number of anilines is 1. The van der Waals surface area contributed by atoms with Crippen LogP contribution in [0.5, 0.6) is 0 Å². The van der Waals surface area contributed by atoms with Crippen LogP contribution >= 0.6 is 22.6 Å². The molecule has 0 radical (unpaired) electrons. The third-order valence-electron chi connectivity index (χ3n) is 2.56. The van der Waals surface area contributed by atoms with Gasteiger partial charge in [-0.15, -0.1) is 0 Å². The lowest BCUT2D eigenvalue weighted by molar-refractivity contribution is 0.190. The van der Waals surface area contributed by atoms with Crippen LogP contribution in [0.1, 0.15) is 11.5 Å². The quantitative estimate of drug-likeness (QED) is 0.632. The lowest BCUT2D eigenvalue weighted by atomic mass is 9.92. The van der Waals surface area contributed by atoms with Crippen LogP contribution in [0.25, 0.3) is 0 Å². The number of likely N-dealkylation sites (N-methyl/N-ethyl adjacent to an activating group) is 1. The Kier molecular flexibility index (Phi) is 2.47. The maximum absolute atomic E-state index is 5.76. The van der Waals surface area contributed by atoms with E-state index in [1.807, 2.05) is 6.07 Å². The topological polar surface area (TPSA) is 29.3 Å². The van der Waals surface area contributed by atoms with E-state index in [-0.39, 0.29) is 0 Å². The van der Waals surface area contributed by atoms with Crippen molar-refractivity contribution in [2.75, 3.05) is 25.9 Å². The monoisotopic (exact) mass is 288 g/mol. The van der Waals surface area contributed by atoms with Crippen LogP contribution in [0.15, 0.2) is 18.2 Å². The molecule has 0 saturated carbocycles. The normalized spacial score (nSPS) is 18.6. The first-order valence-electron chi connectivity index (χ1n) is 4.40. The van der Waals surface area contributed by atoms with Crippen LogP contribution in [-0.4, -0.2) is 25.0 Å². The van der Waals surface area contributed by atoms with Gasteiger partial charge in [-0.25, -0.2) is 0 Å². The van der Waals surface area contributed by atoms with Gasteiger partial charge in [0.1, 0.15) is 0 Å². The first kappa shape index (κ1) is 9.27. The highest BCUT2D eigenvalue weighted by atomic mass is 127. The second kappa shape index (κ2) is 3.46. The summed E-state index contributed by atoms with van der Waals surface area (Å²) in [6.45, 7) is 2.36. The van der Waals surface area contributed by atoms with Gasteiger partial charge in [-0.2, -0.15) is 0 Å². The van der Waals surface area contributed by atoms with Gasteiger partial charge in [0.05, 0.1) is 0 Å². The highest BCUT2D eigenvalue weighted by molar-refractivity contribution is 14.1. The van der Waals surface area contributed by atoms with Crippen molar-refractivity contribution in [3.05, 3.63) is 27.3 Å². The molecular weight excluding hydrogens is 275 g/mol. The largest absolute Gasteiger partial charge is 0.398 e. The van der Waals surface area contributed by atoms with Crippen LogP contribution in [-0.2, 0) is 0 Å². The number of benzene rings is 1. The van der Waals surface area contributed by atoms with Crippen LogP contribution < -0.4 is 5.73 Å². The summed E-state index contributed by atoms with van der Waals surface area (Å²) in [4.78, 5) is 2.33. The molecule has 1 aromatic rings. The smallest absolute Gasteiger partial charge is 0.0449 e. The van der Waals surface area contributed by atoms with E-state index in [1.165, 1.54) is 22.2 Å². The minimum Gasteiger partial charge on any atom is -0.398 e. The zero-order valence-corrected chi connectivity index (χ0v) is 9.78. The summed E-state index contributed by atoms with van der Waals surface area (Å²) in [5.74, 6) is 0.721. The van der Waals surface area contributed by atoms with Crippen molar-refractivity contribution in [1.82, 2.24) is 4.90 Å². The molecule has 1 aromatic carbocycles. The SMILES string of the molecule is CN1CC(c2ccc(N)c(I)c2)C1. The number of rotatable bonds is 1. The van der Waals surface area contributed by atoms with E-state index in [1.54, 1.807) is 0 Å². The Hall–Kier alpha value is -0.290. The molecule has 0 unspecified atom stereocenters. The highest BCUT2D eigenvalue weighted by Crippen LogP contribution is 2.28. The predicted octanol–water partition coefficient (Wildman–Crippen LogP) is 1.90. The van der Waals surface area contributed by atoms with Gasteiger partial charge in [-0.1, -0.05) is 6.07 Å². The van der Waals surface area contributed by atoms with Gasteiger partial charge in [0.2, 0.25) is 0 Å². The second-order valence-corrected chi connectivity index (χ2v) is 4.86. The van der Waals surface area contributed by atoms with Crippen molar-refractivity contribution in [2.24, 2.45) is 0 Å². The van der Waals surface area contributed by atoms with Crippen molar-refractivity contribution < 1.29 is 0 Å². The van der Waals surface area contributed by atoms with Crippen LogP contribution in [0, 0.1) is 3.57 Å². The van der Waals surface area contributed by atoms with Gasteiger partial charge in [-0.3, -0.25) is 0 Å². The molecule has 3 heteroatoms. The summed E-state index contributed by atoms with van der Waals surface area (Å²) < 4.78 is 1.17. The summed E-state index contributed by atoms with van der Waals surface area (Å²) in [5.41, 5.74) is 8.07. The molecule has 1 saturated heterocycles. The zero-order chi connectivity index (χ0) is 9.42. The third-order valence-corrected chi connectivity index (χ3v) is 3.49. The fraction of sp³-hybridized carbons (Fsp3) is 0.400. The zero-order valence-electron chi connectivity index (χ0n) is 7.63. The maximum Gasteiger partial charge on any atom is 0.0449 e. The van der Waals surface area contributed by atoms with Crippen LogP contribution in [0.3, 0.4) is 0 Å². The molecule has 1 aliphatic heterocycles. The van der Waals surface area contributed by atoms with Gasteiger partial charge >= 0.3 is 0 Å². The molecular formula is C10H13IN2. The molecule has 0 spiro atoms. The second-order valence-electron chi connectivity index (χ2n) is 3.70. The molecule has 0 atom stereocenters. The van der Waals surface area contributed by atoms with Crippen molar-refractivity contribution in [3.63, 3.8) is 0 Å². The lowest BCUT2D eigenvalue weighted by Crippen LogP contribution is -2.41. The van der Waals surface area contributed by atoms with Crippen LogP contribution in [0.4, 0.5) is 5.69 Å². The molecule has 1 aliphatic rings. The standard InChI is InChI=1S/C10H13IN2/c1-13-5-8(6-13)7-2-3-10(12)9(11)4-7/h2-4,8H,5-6,12H2,1H3. The first-order chi connectivity index (χ1) is 6.16. The van der Waals surface area contributed by atoms with E-state index in [9.17, 15) is 0 Å². The Morgan fingerprint density at radius 3 is 2.69 bits per heavy atom. The number of likely N-dealkylation sites (tertiary alicyclic amines) is 1. The molecule has 13 heavy (non-hydrogen) atoms. The van der Waals surface area contributed by atoms with Gasteiger partial charge in [0.25, 0.3) is 0 Å². The summed E-state index contributed by atoms with van der Waals surface area (Å²) in [6, 6.07) is 6.36. The minimum absolute atomic E-state index is 0.721. The molecule has 0 aromatic heterocycles. The summed E-state index contributed by atoms with van der Waals surface area (Å²) >= 11 is 2.29. The highest BCUT2D eigenvalue weighted by Gasteiger charge is 2.24. The van der Waals surface area contributed by atoms with E-state index in [2.05, 4.69) is 46.7 Å². The average molecular weight is 288 g/mol. The van der Waals surface area contributed by atoms with E-state index in [4.69, 9.17) is 5.73 Å². The molecule has 2 N–H and O–H groups in total. The number of nitrogens with two attached hydrogens (primary N) is 1. The van der Waals surface area contributed by atoms with Crippen molar-refractivity contribution >= 4 is 28.3 Å². The molecule has 1 heterocycles. The number of hydrogen-bond donors (Lipinski definition) is 1. The fourth-order valence-corrected chi connectivity index (χ4v) is 2.25. The van der Waals surface area contributed by atoms with Crippen molar-refractivity contribution in [2.45, 2.75) is 5.92 Å². The molecule has 1 fully saturated rings. The fourth-order valence-electron chi connectivity index (χ4n) is 1.71. The van der Waals surface area contributed by atoms with Gasteiger partial charge in [0, 0.05) is 28.3 Å². The Morgan fingerprint density at radius 2 is 2.15 bits per heavy atom. The molecule has 0 amide bonds. The Bertz CT molecular complexity index is 319. The van der Waals surface area contributed by atoms with E-state index in [0.29, 0.717) is 0 Å². The van der Waals surface area contributed by atoms with Crippen molar-refractivity contribution in [3.8, 4) is 0 Å². The molecule has 0 bridgehead atoms. The molecule has 70 valence electrons. The Morgan fingerprint density at radius 1 is 1.46 bits per heavy atom. The van der Waals surface area contributed by atoms with Gasteiger partial charge < -0.3 is 10.6 Å². The number of hydrogen-bond acceptors (Lipinski definition) is 2. The molecule has 0 aliphatic carbocycles. The van der Waals surface area contributed by atoms with E-state index >= 15 is 0 Å². The summed E-state index contributed by atoms with van der Waals surface area (Å²) in [7, 11) is 2.15. The third kappa shape index (κ3) is 1.81. The van der Waals surface area contributed by atoms with Gasteiger partial charge in [0.15, 0.2) is 0 Å². The van der Waals surface area contributed by atoms with E-state index < -0.39 is 0 Å². The Balaban J connectivity index is 2.18. The lowest BCUT2D eigenvalue weighted by Gasteiger charge is -2.36. The van der Waals surface area contributed by atoms with Crippen molar-refractivity contribution in [1.29, 1.82) is 0 Å². The Labute approximate surface area is 92.2 Å². The van der Waals surface area contributed by atoms with Crippen LogP contribution in [0.2, 0.25) is 0 Å². The average Bonchev–Trinajstić information content (AvgIpc) is 2.05. The maximum atomic E-state index is 5.76. The van der Waals surface area contributed by atoms with Gasteiger partial charge in [-0.05, 0) is 47.3 Å². The number of halogens is 1. The minimum atomic E-state index is 0.721. The number of nitrogen functional groups attached to an aromatic ring is 1.